The second-order valence-electron chi connectivity index (χ2n) is 5.18. The van der Waals surface area contributed by atoms with Crippen LogP contribution in [0.2, 0.25) is 10.0 Å². The molecule has 6 heteroatoms. The minimum Gasteiger partial charge on any atom is -0.455 e. The van der Waals surface area contributed by atoms with Gasteiger partial charge in [0.2, 0.25) is 0 Å². The number of hydrogen-bond donors (Lipinski definition) is 1. The van der Waals surface area contributed by atoms with Crippen LogP contribution in [-0.4, -0.2) is 18.5 Å². The highest BCUT2D eigenvalue weighted by Gasteiger charge is 2.10. The second kappa shape index (κ2) is 8.71. The molecule has 2 rings (SSSR count). The van der Waals surface area contributed by atoms with Gasteiger partial charge < -0.3 is 10.1 Å². The number of hydrogen-bond acceptors (Lipinski definition) is 3. The monoisotopic (exact) mass is 365 g/mol. The van der Waals surface area contributed by atoms with Gasteiger partial charge in [-0.3, -0.25) is 9.59 Å². The predicted octanol–water partition coefficient (Wildman–Crippen LogP) is 4.28. The van der Waals surface area contributed by atoms with Crippen LogP contribution in [0.5, 0.6) is 0 Å². The molecule has 0 radical (unpaired) electrons. The number of rotatable bonds is 6. The Morgan fingerprint density at radius 2 is 1.67 bits per heavy atom. The highest BCUT2D eigenvalue weighted by Crippen LogP contribution is 2.22. The van der Waals surface area contributed by atoms with E-state index in [1.807, 2.05) is 24.3 Å². The molecule has 2 aromatic carbocycles. The van der Waals surface area contributed by atoms with E-state index in [1.54, 1.807) is 18.2 Å². The summed E-state index contributed by atoms with van der Waals surface area (Å²) in [6, 6.07) is 12.4. The van der Waals surface area contributed by atoms with Crippen LogP contribution in [0.15, 0.2) is 42.5 Å². The number of carbonyl (C=O) groups excluding carboxylic acids is 2. The van der Waals surface area contributed by atoms with Gasteiger partial charge in [-0.15, -0.1) is 0 Å². The van der Waals surface area contributed by atoms with Gasteiger partial charge in [-0.2, -0.15) is 0 Å². The quantitative estimate of drug-likeness (QED) is 0.777. The van der Waals surface area contributed by atoms with E-state index in [2.05, 4.69) is 12.2 Å². The fraction of sp³-hybridized carbons (Fsp3) is 0.222. The molecule has 0 spiro atoms. The molecule has 0 saturated carbocycles. The zero-order valence-corrected chi connectivity index (χ0v) is 14.7. The normalized spacial score (nSPS) is 10.3. The van der Waals surface area contributed by atoms with Gasteiger partial charge in [0.25, 0.3) is 5.91 Å². The first kappa shape index (κ1) is 18.3. The predicted molar refractivity (Wildman–Crippen MR) is 95.6 cm³/mol. The SMILES string of the molecule is CCc1ccc(NC(=O)COC(=O)Cc2ccc(Cl)c(Cl)c2)cc1. The second-order valence-corrected chi connectivity index (χ2v) is 6.00. The number of halogens is 2. The molecular formula is C18H17Cl2NO3. The number of nitrogens with one attached hydrogen (secondary N) is 1. The lowest BCUT2D eigenvalue weighted by atomic mass is 10.1. The Balaban J connectivity index is 1.79. The summed E-state index contributed by atoms with van der Waals surface area (Å²) in [5.41, 5.74) is 2.52. The van der Waals surface area contributed by atoms with Crippen LogP contribution in [0.3, 0.4) is 0 Å². The summed E-state index contributed by atoms with van der Waals surface area (Å²) >= 11 is 11.7. The van der Waals surface area contributed by atoms with Crippen molar-refractivity contribution in [3.8, 4) is 0 Å². The lowest BCUT2D eigenvalue weighted by Gasteiger charge is -2.08. The Hall–Kier alpha value is -2.04. The topological polar surface area (TPSA) is 55.4 Å². The minimum atomic E-state index is -0.509. The van der Waals surface area contributed by atoms with Crippen molar-refractivity contribution < 1.29 is 14.3 Å². The molecular weight excluding hydrogens is 349 g/mol. The number of ether oxygens (including phenoxy) is 1. The molecule has 0 aliphatic rings. The summed E-state index contributed by atoms with van der Waals surface area (Å²) in [6.45, 7) is 1.72. The van der Waals surface area contributed by atoms with E-state index in [4.69, 9.17) is 27.9 Å². The van der Waals surface area contributed by atoms with Gasteiger partial charge in [0.15, 0.2) is 6.61 Å². The van der Waals surface area contributed by atoms with Crippen LogP contribution in [0, 0.1) is 0 Å². The third kappa shape index (κ3) is 5.55. The van der Waals surface area contributed by atoms with Crippen LogP contribution in [0.4, 0.5) is 5.69 Å². The standard InChI is InChI=1S/C18H17Cl2NO3/c1-2-12-3-6-14(7-4-12)21-17(22)11-24-18(23)10-13-5-8-15(19)16(20)9-13/h3-9H,2,10-11H2,1H3,(H,21,22). The van der Waals surface area contributed by atoms with Crippen molar-refractivity contribution in [2.45, 2.75) is 19.8 Å². The van der Waals surface area contributed by atoms with Crippen molar-refractivity contribution in [1.82, 2.24) is 0 Å². The van der Waals surface area contributed by atoms with Crippen LogP contribution in [0.1, 0.15) is 18.1 Å². The highest BCUT2D eigenvalue weighted by atomic mass is 35.5. The maximum Gasteiger partial charge on any atom is 0.310 e. The molecule has 0 atom stereocenters. The van der Waals surface area contributed by atoms with Crippen molar-refractivity contribution in [2.75, 3.05) is 11.9 Å². The first-order valence-corrected chi connectivity index (χ1v) is 8.22. The van der Waals surface area contributed by atoms with E-state index in [-0.39, 0.29) is 18.9 Å². The Morgan fingerprint density at radius 3 is 2.29 bits per heavy atom. The Kier molecular flexibility index (Phi) is 6.64. The maximum atomic E-state index is 11.8. The number of amides is 1. The molecule has 24 heavy (non-hydrogen) atoms. The molecule has 126 valence electrons. The summed E-state index contributed by atoms with van der Waals surface area (Å²) in [5, 5.41) is 3.46. The summed E-state index contributed by atoms with van der Waals surface area (Å²) in [6.07, 6.45) is 0.954. The average molecular weight is 366 g/mol. The van der Waals surface area contributed by atoms with Crippen molar-refractivity contribution in [2.24, 2.45) is 0 Å². The Labute approximate surface area is 150 Å². The fourth-order valence-electron chi connectivity index (χ4n) is 2.03. The highest BCUT2D eigenvalue weighted by molar-refractivity contribution is 6.42. The summed E-state index contributed by atoms with van der Waals surface area (Å²) < 4.78 is 4.97. The van der Waals surface area contributed by atoms with Crippen molar-refractivity contribution in [3.63, 3.8) is 0 Å². The zero-order chi connectivity index (χ0) is 17.5. The largest absolute Gasteiger partial charge is 0.455 e. The van der Waals surface area contributed by atoms with E-state index in [0.29, 0.717) is 21.3 Å². The number of carbonyl (C=O) groups is 2. The minimum absolute atomic E-state index is 0.0232. The van der Waals surface area contributed by atoms with Crippen LogP contribution < -0.4 is 5.32 Å². The molecule has 0 fully saturated rings. The first-order valence-electron chi connectivity index (χ1n) is 7.46. The van der Waals surface area contributed by atoms with Crippen LogP contribution in [-0.2, 0) is 27.2 Å². The number of aryl methyl sites for hydroxylation is 1. The van der Waals surface area contributed by atoms with Gasteiger partial charge in [0.05, 0.1) is 16.5 Å². The fourth-order valence-corrected chi connectivity index (χ4v) is 2.35. The average Bonchev–Trinajstić information content (AvgIpc) is 2.57. The zero-order valence-electron chi connectivity index (χ0n) is 13.1. The Bertz CT molecular complexity index is 730. The van der Waals surface area contributed by atoms with E-state index in [0.717, 1.165) is 6.42 Å². The van der Waals surface area contributed by atoms with Crippen LogP contribution in [0.25, 0.3) is 0 Å². The lowest BCUT2D eigenvalue weighted by Crippen LogP contribution is -2.21. The molecule has 0 aromatic heterocycles. The number of benzene rings is 2. The summed E-state index contributed by atoms with van der Waals surface area (Å²) in [5.74, 6) is -0.897. The van der Waals surface area contributed by atoms with Gasteiger partial charge >= 0.3 is 5.97 Å². The summed E-state index contributed by atoms with van der Waals surface area (Å²) in [7, 11) is 0. The van der Waals surface area contributed by atoms with Crippen molar-refractivity contribution >= 4 is 40.8 Å². The van der Waals surface area contributed by atoms with Gasteiger partial charge in [-0.1, -0.05) is 48.3 Å². The van der Waals surface area contributed by atoms with Gasteiger partial charge in [0, 0.05) is 5.69 Å². The van der Waals surface area contributed by atoms with E-state index in [9.17, 15) is 9.59 Å². The van der Waals surface area contributed by atoms with E-state index < -0.39 is 5.97 Å². The molecule has 0 unspecified atom stereocenters. The van der Waals surface area contributed by atoms with Crippen molar-refractivity contribution in [3.05, 3.63) is 63.6 Å². The molecule has 1 N–H and O–H groups in total. The van der Waals surface area contributed by atoms with Gasteiger partial charge in [-0.05, 0) is 41.8 Å². The Morgan fingerprint density at radius 1 is 1.00 bits per heavy atom. The molecule has 0 heterocycles. The van der Waals surface area contributed by atoms with Gasteiger partial charge in [-0.25, -0.2) is 0 Å². The van der Waals surface area contributed by atoms with Crippen LogP contribution >= 0.6 is 23.2 Å². The van der Waals surface area contributed by atoms with Crippen molar-refractivity contribution in [1.29, 1.82) is 0 Å². The lowest BCUT2D eigenvalue weighted by molar-refractivity contribution is -0.146. The smallest absolute Gasteiger partial charge is 0.310 e. The first-order chi connectivity index (χ1) is 11.5. The molecule has 0 aliphatic carbocycles. The number of esters is 1. The maximum absolute atomic E-state index is 11.8. The molecule has 0 bridgehead atoms. The summed E-state index contributed by atoms with van der Waals surface area (Å²) in [4.78, 5) is 23.6. The third-order valence-corrected chi connectivity index (χ3v) is 4.08. The molecule has 1 amide bonds. The molecule has 0 saturated heterocycles. The molecule has 4 nitrogen and oxygen atoms in total. The number of anilines is 1. The molecule has 2 aromatic rings. The van der Waals surface area contributed by atoms with E-state index in [1.165, 1.54) is 5.56 Å². The molecule has 0 aliphatic heterocycles. The van der Waals surface area contributed by atoms with Gasteiger partial charge in [0.1, 0.15) is 0 Å². The third-order valence-electron chi connectivity index (χ3n) is 3.34. The van der Waals surface area contributed by atoms with E-state index >= 15 is 0 Å².